The molecule has 0 bridgehead atoms. The van der Waals surface area contributed by atoms with Gasteiger partial charge in [0.25, 0.3) is 0 Å². The molecule has 70 valence electrons. The lowest BCUT2D eigenvalue weighted by atomic mass is 10.2. The molecule has 0 N–H and O–H groups in total. The van der Waals surface area contributed by atoms with Crippen LogP contribution in [0.15, 0.2) is 33.4 Å². The number of allylic oxidation sites excluding steroid dienone is 3. The minimum absolute atomic E-state index is 0.973. The van der Waals surface area contributed by atoms with E-state index in [-0.39, 0.29) is 0 Å². The number of rotatable bonds is 2. The normalized spacial score (nSPS) is 23.5. The molecule has 0 aromatic heterocycles. The molecule has 0 fully saturated rings. The Morgan fingerprint density at radius 2 is 2.46 bits per heavy atom. The second kappa shape index (κ2) is 5.02. The van der Waals surface area contributed by atoms with Crippen molar-refractivity contribution in [1.29, 1.82) is 0 Å². The standard InChI is InChI=1S/C10H14N2S/c1-4-8(2)5-6-9-10(11-3)13-7-12-9/h5-7H,4H2,1-3H3/b8-5+,9-6+,11-10+. The van der Waals surface area contributed by atoms with E-state index < -0.39 is 0 Å². The Bertz CT molecular complexity index is 298. The van der Waals surface area contributed by atoms with Crippen LogP contribution in [0.4, 0.5) is 0 Å². The lowest BCUT2D eigenvalue weighted by Gasteiger charge is -1.94. The molecule has 1 rings (SSSR count). The highest BCUT2D eigenvalue weighted by Crippen LogP contribution is 2.19. The largest absolute Gasteiger partial charge is 0.279 e. The van der Waals surface area contributed by atoms with Crippen molar-refractivity contribution in [3.63, 3.8) is 0 Å². The van der Waals surface area contributed by atoms with E-state index in [4.69, 9.17) is 0 Å². The Hall–Kier alpha value is -0.830. The van der Waals surface area contributed by atoms with Crippen molar-refractivity contribution in [3.05, 3.63) is 23.4 Å². The molecule has 0 aliphatic carbocycles. The van der Waals surface area contributed by atoms with Crippen LogP contribution in [0.3, 0.4) is 0 Å². The first-order valence-corrected chi connectivity index (χ1v) is 5.19. The van der Waals surface area contributed by atoms with Crippen molar-refractivity contribution in [2.24, 2.45) is 9.98 Å². The lowest BCUT2D eigenvalue weighted by Crippen LogP contribution is -1.88. The summed E-state index contributed by atoms with van der Waals surface area (Å²) in [4.78, 5) is 8.35. The number of hydrogen-bond donors (Lipinski definition) is 0. The third-order valence-corrected chi connectivity index (χ3v) is 2.69. The fraction of sp³-hybridized carbons (Fsp3) is 0.400. The van der Waals surface area contributed by atoms with Crippen molar-refractivity contribution in [2.75, 3.05) is 7.05 Å². The highest BCUT2D eigenvalue weighted by Gasteiger charge is 2.09. The summed E-state index contributed by atoms with van der Waals surface area (Å²) in [5, 5.41) is 1.00. The maximum atomic E-state index is 4.22. The summed E-state index contributed by atoms with van der Waals surface area (Å²) in [5.41, 5.74) is 4.15. The van der Waals surface area contributed by atoms with Gasteiger partial charge in [0.2, 0.25) is 0 Å². The van der Waals surface area contributed by atoms with Gasteiger partial charge in [-0.25, -0.2) is 4.99 Å². The zero-order valence-corrected chi connectivity index (χ0v) is 9.06. The highest BCUT2D eigenvalue weighted by molar-refractivity contribution is 8.25. The summed E-state index contributed by atoms with van der Waals surface area (Å²) in [7, 11) is 1.79. The van der Waals surface area contributed by atoms with E-state index in [1.54, 1.807) is 18.8 Å². The molecule has 13 heavy (non-hydrogen) atoms. The number of hydrogen-bond acceptors (Lipinski definition) is 3. The predicted octanol–water partition coefficient (Wildman–Crippen LogP) is 3.03. The number of aliphatic imine (C=N–C) groups is 2. The van der Waals surface area contributed by atoms with Crippen LogP contribution >= 0.6 is 11.8 Å². The van der Waals surface area contributed by atoms with E-state index >= 15 is 0 Å². The molecule has 1 aliphatic heterocycles. The van der Waals surface area contributed by atoms with Crippen LogP contribution < -0.4 is 0 Å². The van der Waals surface area contributed by atoms with Gasteiger partial charge in [0.05, 0.1) is 11.2 Å². The third kappa shape index (κ3) is 2.84. The van der Waals surface area contributed by atoms with Crippen molar-refractivity contribution in [3.8, 4) is 0 Å². The Morgan fingerprint density at radius 1 is 1.69 bits per heavy atom. The fourth-order valence-corrected chi connectivity index (χ4v) is 1.48. The minimum atomic E-state index is 0.973. The molecule has 0 radical (unpaired) electrons. The van der Waals surface area contributed by atoms with Crippen LogP contribution in [0.5, 0.6) is 0 Å². The SMILES string of the molecule is CC/C(C)=C/C=C1/N=CS/C1=N/C. The predicted molar refractivity (Wildman–Crippen MR) is 61.6 cm³/mol. The van der Waals surface area contributed by atoms with Gasteiger partial charge in [-0.1, -0.05) is 30.3 Å². The zero-order valence-electron chi connectivity index (χ0n) is 8.24. The van der Waals surface area contributed by atoms with Gasteiger partial charge in [0.1, 0.15) is 5.04 Å². The van der Waals surface area contributed by atoms with Crippen LogP contribution in [-0.2, 0) is 0 Å². The Labute approximate surface area is 83.6 Å². The number of thioether (sulfide) groups is 1. The second-order valence-corrected chi connectivity index (χ2v) is 3.63. The molecule has 1 heterocycles. The molecule has 1 aliphatic rings. The Balaban J connectivity index is 2.77. The van der Waals surface area contributed by atoms with Crippen LogP contribution in [0, 0.1) is 0 Å². The number of nitrogens with zero attached hydrogens (tertiary/aromatic N) is 2. The topological polar surface area (TPSA) is 24.7 Å². The van der Waals surface area contributed by atoms with Crippen molar-refractivity contribution < 1.29 is 0 Å². The van der Waals surface area contributed by atoms with Crippen molar-refractivity contribution >= 4 is 22.4 Å². The smallest absolute Gasteiger partial charge is 0.122 e. The Kier molecular flexibility index (Phi) is 3.96. The summed E-state index contributed by atoms with van der Waals surface area (Å²) >= 11 is 1.57. The Morgan fingerprint density at radius 3 is 3.08 bits per heavy atom. The third-order valence-electron chi connectivity index (χ3n) is 1.86. The van der Waals surface area contributed by atoms with Gasteiger partial charge in [0.15, 0.2) is 0 Å². The molecular formula is C10H14N2S. The molecule has 0 aromatic rings. The summed E-state index contributed by atoms with van der Waals surface area (Å²) in [6.07, 6.45) is 5.21. The average Bonchev–Trinajstić information content (AvgIpc) is 2.61. The molecule has 3 heteroatoms. The van der Waals surface area contributed by atoms with Crippen LogP contribution in [0.2, 0.25) is 0 Å². The van der Waals surface area contributed by atoms with Gasteiger partial charge >= 0.3 is 0 Å². The average molecular weight is 194 g/mol. The second-order valence-electron chi connectivity index (χ2n) is 2.80. The molecule has 0 saturated heterocycles. The maximum absolute atomic E-state index is 4.22. The van der Waals surface area contributed by atoms with Crippen molar-refractivity contribution in [2.45, 2.75) is 20.3 Å². The van der Waals surface area contributed by atoms with Gasteiger partial charge in [-0.05, 0) is 19.4 Å². The van der Waals surface area contributed by atoms with Gasteiger partial charge < -0.3 is 0 Å². The molecule has 0 unspecified atom stereocenters. The van der Waals surface area contributed by atoms with E-state index in [9.17, 15) is 0 Å². The van der Waals surface area contributed by atoms with Gasteiger partial charge in [-0.2, -0.15) is 0 Å². The first-order chi connectivity index (χ1) is 6.27. The monoisotopic (exact) mass is 194 g/mol. The van der Waals surface area contributed by atoms with Crippen LogP contribution in [-0.4, -0.2) is 17.6 Å². The maximum Gasteiger partial charge on any atom is 0.122 e. The summed E-state index contributed by atoms with van der Waals surface area (Å²) in [6, 6.07) is 0. The molecule has 0 spiro atoms. The molecule has 0 aromatic carbocycles. The minimum Gasteiger partial charge on any atom is -0.279 e. The summed E-state index contributed by atoms with van der Waals surface area (Å²) in [5.74, 6) is 0. The van der Waals surface area contributed by atoms with E-state index in [1.807, 2.05) is 11.6 Å². The quantitative estimate of drug-likeness (QED) is 0.663. The van der Waals surface area contributed by atoms with Crippen LogP contribution in [0.25, 0.3) is 0 Å². The van der Waals surface area contributed by atoms with E-state index in [0.29, 0.717) is 0 Å². The fourth-order valence-electron chi connectivity index (χ4n) is 0.869. The van der Waals surface area contributed by atoms with E-state index in [2.05, 4.69) is 29.9 Å². The zero-order chi connectivity index (χ0) is 9.68. The first kappa shape index (κ1) is 10.3. The molecule has 0 atom stereocenters. The highest BCUT2D eigenvalue weighted by atomic mass is 32.2. The van der Waals surface area contributed by atoms with Gasteiger partial charge in [-0.15, -0.1) is 0 Å². The summed E-state index contributed by atoms with van der Waals surface area (Å²) < 4.78 is 0. The molecule has 0 saturated carbocycles. The van der Waals surface area contributed by atoms with E-state index in [1.165, 1.54) is 5.57 Å². The van der Waals surface area contributed by atoms with Crippen LogP contribution in [0.1, 0.15) is 20.3 Å². The molecule has 2 nitrogen and oxygen atoms in total. The van der Waals surface area contributed by atoms with Gasteiger partial charge in [-0.3, -0.25) is 4.99 Å². The molecular weight excluding hydrogens is 180 g/mol. The van der Waals surface area contributed by atoms with E-state index in [0.717, 1.165) is 17.2 Å². The summed E-state index contributed by atoms with van der Waals surface area (Å²) in [6.45, 7) is 4.26. The lowest BCUT2D eigenvalue weighted by molar-refractivity contribution is 1.10. The van der Waals surface area contributed by atoms with Crippen molar-refractivity contribution in [1.82, 2.24) is 0 Å². The first-order valence-electron chi connectivity index (χ1n) is 4.31. The molecule has 0 amide bonds. The van der Waals surface area contributed by atoms with Gasteiger partial charge in [0, 0.05) is 7.05 Å².